The highest BCUT2D eigenvalue weighted by molar-refractivity contribution is 7.25. The lowest BCUT2D eigenvalue weighted by molar-refractivity contribution is 0.303. The van der Waals surface area contributed by atoms with Crippen LogP contribution in [0.4, 0.5) is 8.78 Å². The van der Waals surface area contributed by atoms with Crippen LogP contribution in [0.2, 0.25) is 0 Å². The summed E-state index contributed by atoms with van der Waals surface area (Å²) < 4.78 is 35.8. The summed E-state index contributed by atoms with van der Waals surface area (Å²) in [6, 6.07) is 7.21. The van der Waals surface area contributed by atoms with Crippen LogP contribution in [0.1, 0.15) is 38.7 Å². The van der Waals surface area contributed by atoms with Crippen molar-refractivity contribution in [2.24, 2.45) is 0 Å². The molecule has 0 N–H and O–H groups in total. The van der Waals surface area contributed by atoms with Gasteiger partial charge in [0.05, 0.1) is 16.0 Å². The Labute approximate surface area is 138 Å². The summed E-state index contributed by atoms with van der Waals surface area (Å²) >= 11 is 1.18. The summed E-state index contributed by atoms with van der Waals surface area (Å²) in [5.74, 6) is -0.336. The normalized spacial score (nSPS) is 11.5. The Kier molecular flexibility index (Phi) is 4.81. The molecule has 0 spiro atoms. The lowest BCUT2D eigenvalue weighted by Gasteiger charge is -2.06. The van der Waals surface area contributed by atoms with Crippen molar-refractivity contribution in [3.63, 3.8) is 0 Å². The third-order valence-electron chi connectivity index (χ3n) is 3.99. The van der Waals surface area contributed by atoms with Crippen molar-refractivity contribution >= 4 is 31.5 Å². The van der Waals surface area contributed by atoms with Crippen LogP contribution in [0.25, 0.3) is 20.2 Å². The summed E-state index contributed by atoms with van der Waals surface area (Å²) in [6.45, 7) is 4.54. The maximum absolute atomic E-state index is 14.7. The van der Waals surface area contributed by atoms with Gasteiger partial charge in [0.25, 0.3) is 0 Å². The molecule has 0 aliphatic heterocycles. The standard InChI is InChI=1S/C19H20F2OS/c1-3-5-6-12-7-8-13-14-9-10-15(22-11-4-2)17(21)19(14)23-18(13)16(12)20/h7-10H,3-6,11H2,1-2H3. The molecule has 0 aliphatic rings. The van der Waals surface area contributed by atoms with Gasteiger partial charge in [-0.2, -0.15) is 0 Å². The smallest absolute Gasteiger partial charge is 0.182 e. The number of aryl methyl sites for hydroxylation is 1. The van der Waals surface area contributed by atoms with E-state index in [0.717, 1.165) is 36.5 Å². The van der Waals surface area contributed by atoms with E-state index in [1.807, 2.05) is 25.1 Å². The highest BCUT2D eigenvalue weighted by Gasteiger charge is 2.17. The van der Waals surface area contributed by atoms with E-state index in [1.54, 1.807) is 6.07 Å². The molecule has 4 heteroatoms. The Balaban J connectivity index is 2.13. The Bertz CT molecular complexity index is 770. The Morgan fingerprint density at radius 3 is 2.30 bits per heavy atom. The zero-order valence-corrected chi connectivity index (χ0v) is 14.2. The van der Waals surface area contributed by atoms with Crippen LogP contribution in [-0.2, 0) is 6.42 Å². The third-order valence-corrected chi connectivity index (χ3v) is 5.20. The number of unbranched alkanes of at least 4 members (excludes halogenated alkanes) is 1. The second-order valence-corrected chi connectivity index (χ2v) is 6.74. The van der Waals surface area contributed by atoms with E-state index >= 15 is 0 Å². The van der Waals surface area contributed by atoms with Gasteiger partial charge in [-0.1, -0.05) is 32.4 Å². The summed E-state index contributed by atoms with van der Waals surface area (Å²) in [5, 5.41) is 1.54. The molecule has 1 nitrogen and oxygen atoms in total. The monoisotopic (exact) mass is 334 g/mol. The average Bonchev–Trinajstić information content (AvgIpc) is 2.94. The van der Waals surface area contributed by atoms with Crippen LogP contribution < -0.4 is 4.74 Å². The van der Waals surface area contributed by atoms with E-state index in [9.17, 15) is 8.78 Å². The number of ether oxygens (including phenoxy) is 1. The van der Waals surface area contributed by atoms with Crippen molar-refractivity contribution in [1.29, 1.82) is 0 Å². The minimum atomic E-state index is -0.383. The molecule has 122 valence electrons. The highest BCUT2D eigenvalue weighted by atomic mass is 32.1. The predicted molar refractivity (Wildman–Crippen MR) is 93.6 cm³/mol. The van der Waals surface area contributed by atoms with Gasteiger partial charge in [0.1, 0.15) is 5.82 Å². The van der Waals surface area contributed by atoms with Gasteiger partial charge in [0, 0.05) is 10.8 Å². The first kappa shape index (κ1) is 16.2. The molecule has 23 heavy (non-hydrogen) atoms. The molecular weight excluding hydrogens is 314 g/mol. The first-order valence-corrected chi connectivity index (χ1v) is 8.93. The third kappa shape index (κ3) is 2.92. The Hall–Kier alpha value is -1.68. The molecule has 0 atom stereocenters. The second kappa shape index (κ2) is 6.83. The van der Waals surface area contributed by atoms with E-state index in [4.69, 9.17) is 4.74 Å². The van der Waals surface area contributed by atoms with E-state index in [2.05, 4.69) is 6.92 Å². The largest absolute Gasteiger partial charge is 0.490 e. The van der Waals surface area contributed by atoms with Gasteiger partial charge in [-0.15, -0.1) is 11.3 Å². The molecule has 0 radical (unpaired) electrons. The van der Waals surface area contributed by atoms with Crippen molar-refractivity contribution in [2.45, 2.75) is 39.5 Å². The van der Waals surface area contributed by atoms with Gasteiger partial charge in [-0.3, -0.25) is 0 Å². The molecule has 0 unspecified atom stereocenters. The van der Waals surface area contributed by atoms with Crippen LogP contribution in [-0.4, -0.2) is 6.61 Å². The topological polar surface area (TPSA) is 9.23 Å². The van der Waals surface area contributed by atoms with Gasteiger partial charge in [-0.25, -0.2) is 8.78 Å². The van der Waals surface area contributed by atoms with Crippen LogP contribution in [0, 0.1) is 11.6 Å². The quantitative estimate of drug-likeness (QED) is 0.502. The summed E-state index contributed by atoms with van der Waals surface area (Å²) in [5.41, 5.74) is 0.716. The van der Waals surface area contributed by atoms with Gasteiger partial charge in [-0.05, 0) is 37.0 Å². The number of hydrogen-bond acceptors (Lipinski definition) is 2. The first-order chi connectivity index (χ1) is 11.2. The SMILES string of the molecule is CCCCc1ccc2c(sc3c(F)c(OCCC)ccc32)c1F. The van der Waals surface area contributed by atoms with Crippen molar-refractivity contribution in [3.8, 4) is 5.75 Å². The van der Waals surface area contributed by atoms with Crippen molar-refractivity contribution in [3.05, 3.63) is 41.5 Å². The zero-order chi connectivity index (χ0) is 16.4. The lowest BCUT2D eigenvalue weighted by atomic mass is 10.0. The minimum absolute atomic E-state index is 0.201. The van der Waals surface area contributed by atoms with Crippen LogP contribution in [0.15, 0.2) is 24.3 Å². The van der Waals surface area contributed by atoms with E-state index < -0.39 is 0 Å². The second-order valence-electron chi connectivity index (χ2n) is 5.72. The highest BCUT2D eigenvalue weighted by Crippen LogP contribution is 2.40. The maximum atomic E-state index is 14.7. The predicted octanol–water partition coefficient (Wildman–Crippen LogP) is 6.46. The summed E-state index contributed by atoms with van der Waals surface area (Å²) in [6.07, 6.45) is 3.52. The molecule has 3 aromatic rings. The van der Waals surface area contributed by atoms with Gasteiger partial charge in [0.15, 0.2) is 11.6 Å². The van der Waals surface area contributed by atoms with Crippen molar-refractivity contribution in [1.82, 2.24) is 0 Å². The summed E-state index contributed by atoms with van der Waals surface area (Å²) in [7, 11) is 0. The zero-order valence-electron chi connectivity index (χ0n) is 13.4. The lowest BCUT2D eigenvalue weighted by Crippen LogP contribution is -1.97. The molecule has 0 saturated carbocycles. The number of hydrogen-bond donors (Lipinski definition) is 0. The molecule has 1 aromatic heterocycles. The molecule has 1 heterocycles. The van der Waals surface area contributed by atoms with Gasteiger partial charge in [0.2, 0.25) is 0 Å². The number of thiophene rings is 1. The van der Waals surface area contributed by atoms with Crippen LogP contribution in [0.3, 0.4) is 0 Å². The Morgan fingerprint density at radius 2 is 1.61 bits per heavy atom. The summed E-state index contributed by atoms with van der Waals surface area (Å²) in [4.78, 5) is 0. The first-order valence-electron chi connectivity index (χ1n) is 8.12. The molecule has 3 rings (SSSR count). The molecule has 2 aromatic carbocycles. The fraction of sp³-hybridized carbons (Fsp3) is 0.368. The molecule has 0 saturated heterocycles. The van der Waals surface area contributed by atoms with Crippen LogP contribution >= 0.6 is 11.3 Å². The number of rotatable bonds is 6. The Morgan fingerprint density at radius 1 is 0.913 bits per heavy atom. The average molecular weight is 334 g/mol. The minimum Gasteiger partial charge on any atom is -0.490 e. The molecular formula is C19H20F2OS. The fourth-order valence-corrected chi connectivity index (χ4v) is 3.94. The van der Waals surface area contributed by atoms with Crippen molar-refractivity contribution in [2.75, 3.05) is 6.61 Å². The van der Waals surface area contributed by atoms with E-state index in [0.29, 0.717) is 21.6 Å². The van der Waals surface area contributed by atoms with Gasteiger partial charge < -0.3 is 4.74 Å². The molecule has 0 amide bonds. The number of halogens is 2. The maximum Gasteiger partial charge on any atom is 0.182 e. The fourth-order valence-electron chi connectivity index (χ4n) is 2.74. The molecule has 0 aliphatic carbocycles. The van der Waals surface area contributed by atoms with Crippen molar-refractivity contribution < 1.29 is 13.5 Å². The van der Waals surface area contributed by atoms with E-state index in [1.165, 1.54) is 11.3 Å². The number of fused-ring (bicyclic) bond motifs is 3. The van der Waals surface area contributed by atoms with Gasteiger partial charge >= 0.3 is 0 Å². The molecule has 0 fully saturated rings. The van der Waals surface area contributed by atoms with E-state index in [-0.39, 0.29) is 17.4 Å². The number of benzene rings is 2. The van der Waals surface area contributed by atoms with Crippen LogP contribution in [0.5, 0.6) is 5.75 Å². The molecule has 0 bridgehead atoms.